The van der Waals surface area contributed by atoms with E-state index in [-0.39, 0.29) is 23.6 Å². The summed E-state index contributed by atoms with van der Waals surface area (Å²) in [6, 6.07) is 15.5. The van der Waals surface area contributed by atoms with Crippen LogP contribution in [0.15, 0.2) is 54.6 Å². The number of rotatable bonds is 9. The molecule has 1 aliphatic rings. The van der Waals surface area contributed by atoms with Gasteiger partial charge in [0, 0.05) is 11.5 Å². The average molecular weight is 483 g/mol. The lowest BCUT2D eigenvalue weighted by Crippen LogP contribution is -2.31. The van der Waals surface area contributed by atoms with Crippen LogP contribution in [0, 0.1) is 17.5 Å². The fourth-order valence-electron chi connectivity index (χ4n) is 4.61. The van der Waals surface area contributed by atoms with Gasteiger partial charge in [0.25, 0.3) is 0 Å². The number of hydrogen-bond acceptors (Lipinski definition) is 2. The van der Waals surface area contributed by atoms with Crippen LogP contribution in [0.1, 0.15) is 63.0 Å². The highest BCUT2D eigenvalue weighted by molar-refractivity contribution is 5.71. The minimum atomic E-state index is -0.830. The summed E-state index contributed by atoms with van der Waals surface area (Å²) in [4.78, 5) is 0. The lowest BCUT2D eigenvalue weighted by atomic mass is 9.94. The van der Waals surface area contributed by atoms with Crippen molar-refractivity contribution in [1.29, 1.82) is 0 Å². The Hall–Kier alpha value is -2.63. The number of hydrogen-bond donors (Lipinski definition) is 0. The van der Waals surface area contributed by atoms with Crippen molar-refractivity contribution in [3.05, 3.63) is 83.2 Å². The summed E-state index contributed by atoms with van der Waals surface area (Å²) in [5, 5.41) is 0. The van der Waals surface area contributed by atoms with E-state index in [0.29, 0.717) is 36.3 Å². The second-order valence-electron chi connectivity index (χ2n) is 9.25. The molecule has 0 N–H and O–H groups in total. The summed E-state index contributed by atoms with van der Waals surface area (Å²) in [6.45, 7) is 4.98. The Balaban J connectivity index is 1.44. The molecule has 0 radical (unpaired) electrons. The molecule has 0 amide bonds. The molecular weight excluding hydrogens is 449 g/mol. The summed E-state index contributed by atoms with van der Waals surface area (Å²) in [7, 11) is 0. The molecule has 2 nitrogen and oxygen atoms in total. The van der Waals surface area contributed by atoms with E-state index in [0.717, 1.165) is 43.2 Å². The van der Waals surface area contributed by atoms with Gasteiger partial charge in [-0.05, 0) is 53.1 Å². The Morgan fingerprint density at radius 1 is 0.743 bits per heavy atom. The molecule has 0 aliphatic carbocycles. The molecule has 1 saturated heterocycles. The molecular formula is C30H33F3O2. The first kappa shape index (κ1) is 25.5. The molecule has 1 fully saturated rings. The van der Waals surface area contributed by atoms with E-state index in [2.05, 4.69) is 6.92 Å². The number of benzene rings is 3. The summed E-state index contributed by atoms with van der Waals surface area (Å²) in [5.41, 5.74) is 3.30. The number of halogens is 3. The SMILES string of the molecule is CCCCCC1OCC(c2ccc(-c3ccc(-c4ccc(CCC)c(F)c4F)cc3)cc2F)CO1. The highest BCUT2D eigenvalue weighted by Crippen LogP contribution is 2.32. The van der Waals surface area contributed by atoms with Gasteiger partial charge in [-0.15, -0.1) is 0 Å². The van der Waals surface area contributed by atoms with E-state index < -0.39 is 11.6 Å². The van der Waals surface area contributed by atoms with Gasteiger partial charge in [0.1, 0.15) is 5.82 Å². The number of unbranched alkanes of at least 4 members (excludes halogenated alkanes) is 2. The molecule has 3 aromatic carbocycles. The van der Waals surface area contributed by atoms with E-state index in [1.807, 2.05) is 13.0 Å². The molecule has 3 aromatic rings. The standard InChI is InChI=1S/C30H33F3O2/c1-3-5-6-8-28-34-18-24(19-35-28)25-15-14-23(17-27(25)31)20-9-11-21(12-10-20)26-16-13-22(7-4-2)29(32)30(26)33/h9-17,24,28H,3-8,18-19H2,1-2H3. The van der Waals surface area contributed by atoms with Crippen molar-refractivity contribution in [1.82, 2.24) is 0 Å². The maximum atomic E-state index is 15.0. The molecule has 4 rings (SSSR count). The summed E-state index contributed by atoms with van der Waals surface area (Å²) in [5.74, 6) is -2.05. The first-order valence-electron chi connectivity index (χ1n) is 12.6. The molecule has 0 aromatic heterocycles. The van der Waals surface area contributed by atoms with Crippen molar-refractivity contribution in [2.24, 2.45) is 0 Å². The van der Waals surface area contributed by atoms with E-state index in [9.17, 15) is 8.78 Å². The van der Waals surface area contributed by atoms with Crippen LogP contribution >= 0.6 is 0 Å². The Bertz CT molecular complexity index is 1120. The van der Waals surface area contributed by atoms with Gasteiger partial charge in [-0.1, -0.05) is 81.6 Å². The quantitative estimate of drug-likeness (QED) is 0.285. The predicted octanol–water partition coefficient (Wildman–Crippen LogP) is 8.43. The Morgan fingerprint density at radius 2 is 1.43 bits per heavy atom. The first-order chi connectivity index (χ1) is 17.0. The highest BCUT2D eigenvalue weighted by Gasteiger charge is 2.25. The fraction of sp³-hybridized carbons (Fsp3) is 0.400. The van der Waals surface area contributed by atoms with Crippen LogP contribution < -0.4 is 0 Å². The average Bonchev–Trinajstić information content (AvgIpc) is 2.88. The van der Waals surface area contributed by atoms with Gasteiger partial charge >= 0.3 is 0 Å². The Morgan fingerprint density at radius 3 is 2.09 bits per heavy atom. The predicted molar refractivity (Wildman–Crippen MR) is 134 cm³/mol. The van der Waals surface area contributed by atoms with Gasteiger partial charge in [-0.25, -0.2) is 13.2 Å². The molecule has 0 bridgehead atoms. The zero-order valence-corrected chi connectivity index (χ0v) is 20.5. The lowest BCUT2D eigenvalue weighted by molar-refractivity contribution is -0.190. The molecule has 1 aliphatic heterocycles. The van der Waals surface area contributed by atoms with Crippen LogP contribution in [-0.4, -0.2) is 19.5 Å². The van der Waals surface area contributed by atoms with Gasteiger partial charge in [-0.2, -0.15) is 0 Å². The van der Waals surface area contributed by atoms with E-state index >= 15 is 4.39 Å². The van der Waals surface area contributed by atoms with Crippen LogP contribution in [0.5, 0.6) is 0 Å². The zero-order chi connectivity index (χ0) is 24.8. The largest absolute Gasteiger partial charge is 0.352 e. The molecule has 1 heterocycles. The maximum Gasteiger partial charge on any atom is 0.166 e. The first-order valence-corrected chi connectivity index (χ1v) is 12.6. The summed E-state index contributed by atoms with van der Waals surface area (Å²) >= 11 is 0. The van der Waals surface area contributed by atoms with Gasteiger partial charge in [0.15, 0.2) is 17.9 Å². The molecule has 35 heavy (non-hydrogen) atoms. The van der Waals surface area contributed by atoms with E-state index in [4.69, 9.17) is 9.47 Å². The van der Waals surface area contributed by atoms with Crippen molar-refractivity contribution in [3.63, 3.8) is 0 Å². The van der Waals surface area contributed by atoms with Crippen LogP contribution in [0.2, 0.25) is 0 Å². The molecule has 0 spiro atoms. The van der Waals surface area contributed by atoms with Gasteiger partial charge in [0.05, 0.1) is 13.2 Å². The van der Waals surface area contributed by atoms with Crippen LogP contribution in [-0.2, 0) is 15.9 Å². The van der Waals surface area contributed by atoms with E-state index in [1.54, 1.807) is 42.5 Å². The van der Waals surface area contributed by atoms with Gasteiger partial charge in [-0.3, -0.25) is 0 Å². The molecule has 0 saturated carbocycles. The van der Waals surface area contributed by atoms with Crippen molar-refractivity contribution < 1.29 is 22.6 Å². The lowest BCUT2D eigenvalue weighted by Gasteiger charge is -2.30. The van der Waals surface area contributed by atoms with Crippen LogP contribution in [0.3, 0.4) is 0 Å². The monoisotopic (exact) mass is 482 g/mol. The maximum absolute atomic E-state index is 15.0. The second kappa shape index (κ2) is 11.9. The highest BCUT2D eigenvalue weighted by atomic mass is 19.2. The molecule has 5 heteroatoms. The minimum Gasteiger partial charge on any atom is -0.352 e. The Kier molecular flexibility index (Phi) is 8.64. The smallest absolute Gasteiger partial charge is 0.166 e. The summed E-state index contributed by atoms with van der Waals surface area (Å²) < 4.78 is 55.6. The van der Waals surface area contributed by atoms with Crippen molar-refractivity contribution in [3.8, 4) is 22.3 Å². The number of ether oxygens (including phenoxy) is 2. The van der Waals surface area contributed by atoms with Crippen molar-refractivity contribution in [2.45, 2.75) is 64.6 Å². The van der Waals surface area contributed by atoms with Crippen molar-refractivity contribution in [2.75, 3.05) is 13.2 Å². The Labute approximate surface area is 206 Å². The normalized spacial score (nSPS) is 18.1. The fourth-order valence-corrected chi connectivity index (χ4v) is 4.61. The third-order valence-electron chi connectivity index (χ3n) is 6.66. The number of aryl methyl sites for hydroxylation is 1. The summed E-state index contributed by atoms with van der Waals surface area (Å²) in [6.07, 6.45) is 5.30. The van der Waals surface area contributed by atoms with Gasteiger partial charge < -0.3 is 9.47 Å². The van der Waals surface area contributed by atoms with Crippen molar-refractivity contribution >= 4 is 0 Å². The topological polar surface area (TPSA) is 18.5 Å². The molecule has 0 atom stereocenters. The molecule has 186 valence electrons. The minimum absolute atomic E-state index is 0.137. The zero-order valence-electron chi connectivity index (χ0n) is 20.5. The van der Waals surface area contributed by atoms with Gasteiger partial charge in [0.2, 0.25) is 0 Å². The third-order valence-corrected chi connectivity index (χ3v) is 6.66. The molecule has 0 unspecified atom stereocenters. The third kappa shape index (κ3) is 5.96. The second-order valence-corrected chi connectivity index (χ2v) is 9.25. The van der Waals surface area contributed by atoms with Crippen LogP contribution in [0.25, 0.3) is 22.3 Å². The van der Waals surface area contributed by atoms with E-state index in [1.165, 1.54) is 6.07 Å². The van der Waals surface area contributed by atoms with Crippen LogP contribution in [0.4, 0.5) is 13.2 Å².